The minimum Gasteiger partial charge on any atom is -0.307 e. The Hall–Kier alpha value is -1.61. The normalized spacial score (nSPS) is 11.1. The van der Waals surface area contributed by atoms with Crippen molar-refractivity contribution in [1.29, 1.82) is 0 Å². The van der Waals surface area contributed by atoms with E-state index in [-0.39, 0.29) is 0 Å². The molecule has 2 rings (SSSR count). The summed E-state index contributed by atoms with van der Waals surface area (Å²) >= 11 is 0. The number of hydrogen-bond acceptors (Lipinski definition) is 2. The smallest absolute Gasteiger partial charge is 0.0762 e. The Kier molecular flexibility index (Phi) is 4.15. The van der Waals surface area contributed by atoms with E-state index < -0.39 is 0 Å². The first-order chi connectivity index (χ1) is 8.65. The molecule has 1 heterocycles. The lowest BCUT2D eigenvalue weighted by Crippen LogP contribution is -2.13. The molecule has 0 fully saturated rings. The molecule has 0 aliphatic heterocycles. The third kappa shape index (κ3) is 3.44. The van der Waals surface area contributed by atoms with Gasteiger partial charge in [-0.15, -0.1) is 0 Å². The zero-order valence-corrected chi connectivity index (χ0v) is 11.4. The molecule has 1 aromatic heterocycles. The molecular weight excluding hydrogens is 222 g/mol. The zero-order chi connectivity index (χ0) is 13.0. The quantitative estimate of drug-likeness (QED) is 0.874. The van der Waals surface area contributed by atoms with Crippen LogP contribution in [-0.2, 0) is 13.1 Å². The van der Waals surface area contributed by atoms with Crippen LogP contribution in [0.15, 0.2) is 36.5 Å². The maximum Gasteiger partial charge on any atom is 0.0762 e. The van der Waals surface area contributed by atoms with Crippen LogP contribution in [0, 0.1) is 6.92 Å². The van der Waals surface area contributed by atoms with Gasteiger partial charge >= 0.3 is 0 Å². The molecule has 0 spiro atoms. The highest BCUT2D eigenvalue weighted by Gasteiger charge is 2.01. The van der Waals surface area contributed by atoms with Crippen molar-refractivity contribution in [2.75, 3.05) is 0 Å². The molecule has 0 unspecified atom stereocenters. The van der Waals surface area contributed by atoms with Gasteiger partial charge in [0.15, 0.2) is 0 Å². The third-order valence-electron chi connectivity index (χ3n) is 2.95. The SMILES string of the molecule is Cc1ccc(CNCc2ccn(C(C)C)n2)cc1. The van der Waals surface area contributed by atoms with E-state index in [1.807, 2.05) is 10.9 Å². The van der Waals surface area contributed by atoms with Gasteiger partial charge in [-0.2, -0.15) is 5.10 Å². The van der Waals surface area contributed by atoms with Crippen molar-refractivity contribution in [3.05, 3.63) is 53.3 Å². The van der Waals surface area contributed by atoms with E-state index >= 15 is 0 Å². The van der Waals surface area contributed by atoms with Crippen LogP contribution >= 0.6 is 0 Å². The maximum atomic E-state index is 4.51. The minimum absolute atomic E-state index is 0.427. The Balaban J connectivity index is 1.82. The summed E-state index contributed by atoms with van der Waals surface area (Å²) in [6.45, 7) is 8.07. The van der Waals surface area contributed by atoms with Crippen molar-refractivity contribution in [3.8, 4) is 0 Å². The van der Waals surface area contributed by atoms with Crippen LogP contribution in [0.1, 0.15) is 36.7 Å². The van der Waals surface area contributed by atoms with Gasteiger partial charge in [0.2, 0.25) is 0 Å². The second-order valence-corrected chi connectivity index (χ2v) is 4.97. The van der Waals surface area contributed by atoms with Gasteiger partial charge in [0.05, 0.1) is 5.69 Å². The van der Waals surface area contributed by atoms with E-state index in [1.165, 1.54) is 11.1 Å². The summed E-state index contributed by atoms with van der Waals surface area (Å²) in [7, 11) is 0. The van der Waals surface area contributed by atoms with E-state index in [1.54, 1.807) is 0 Å². The fourth-order valence-electron chi connectivity index (χ4n) is 1.80. The number of aryl methyl sites for hydroxylation is 1. The molecule has 1 aromatic carbocycles. The summed E-state index contributed by atoms with van der Waals surface area (Å²) in [4.78, 5) is 0. The van der Waals surface area contributed by atoms with Gasteiger partial charge in [-0.05, 0) is 32.4 Å². The van der Waals surface area contributed by atoms with Gasteiger partial charge in [0.1, 0.15) is 0 Å². The molecule has 0 bridgehead atoms. The third-order valence-corrected chi connectivity index (χ3v) is 2.95. The monoisotopic (exact) mass is 243 g/mol. The Morgan fingerprint density at radius 1 is 1.11 bits per heavy atom. The van der Waals surface area contributed by atoms with Crippen molar-refractivity contribution in [3.63, 3.8) is 0 Å². The topological polar surface area (TPSA) is 29.9 Å². The largest absolute Gasteiger partial charge is 0.307 e. The summed E-state index contributed by atoms with van der Waals surface area (Å²) in [5.74, 6) is 0. The van der Waals surface area contributed by atoms with Crippen LogP contribution in [0.5, 0.6) is 0 Å². The standard InChI is InChI=1S/C15H21N3/c1-12(2)18-9-8-15(17-18)11-16-10-14-6-4-13(3)5-7-14/h4-9,12,16H,10-11H2,1-3H3. The van der Waals surface area contributed by atoms with E-state index in [0.29, 0.717) is 6.04 Å². The van der Waals surface area contributed by atoms with Crippen LogP contribution in [-0.4, -0.2) is 9.78 Å². The van der Waals surface area contributed by atoms with E-state index in [9.17, 15) is 0 Å². The van der Waals surface area contributed by atoms with Crippen molar-refractivity contribution < 1.29 is 0 Å². The highest BCUT2D eigenvalue weighted by Crippen LogP contribution is 2.05. The van der Waals surface area contributed by atoms with Crippen molar-refractivity contribution in [1.82, 2.24) is 15.1 Å². The Morgan fingerprint density at radius 3 is 2.44 bits per heavy atom. The van der Waals surface area contributed by atoms with Gasteiger partial charge in [0.25, 0.3) is 0 Å². The molecule has 3 nitrogen and oxygen atoms in total. The average molecular weight is 243 g/mol. The average Bonchev–Trinajstić information content (AvgIpc) is 2.81. The van der Waals surface area contributed by atoms with Gasteiger partial charge < -0.3 is 5.32 Å². The molecule has 18 heavy (non-hydrogen) atoms. The van der Waals surface area contributed by atoms with Crippen molar-refractivity contribution in [2.24, 2.45) is 0 Å². The molecule has 0 radical (unpaired) electrons. The lowest BCUT2D eigenvalue weighted by Gasteiger charge is -2.05. The van der Waals surface area contributed by atoms with Gasteiger partial charge in [-0.25, -0.2) is 0 Å². The lowest BCUT2D eigenvalue weighted by molar-refractivity contribution is 0.521. The van der Waals surface area contributed by atoms with Gasteiger partial charge in [-0.1, -0.05) is 29.8 Å². The lowest BCUT2D eigenvalue weighted by atomic mass is 10.1. The first-order valence-corrected chi connectivity index (χ1v) is 6.45. The highest BCUT2D eigenvalue weighted by atomic mass is 15.3. The van der Waals surface area contributed by atoms with E-state index in [0.717, 1.165) is 18.8 Å². The molecular formula is C15H21N3. The molecule has 96 valence electrons. The molecule has 2 aromatic rings. The molecule has 0 aliphatic rings. The number of hydrogen-bond donors (Lipinski definition) is 1. The fraction of sp³-hybridized carbons (Fsp3) is 0.400. The Morgan fingerprint density at radius 2 is 1.83 bits per heavy atom. The predicted molar refractivity (Wildman–Crippen MR) is 74.3 cm³/mol. The number of nitrogens with one attached hydrogen (secondary N) is 1. The number of nitrogens with zero attached hydrogens (tertiary/aromatic N) is 2. The number of rotatable bonds is 5. The number of aromatic nitrogens is 2. The number of benzene rings is 1. The van der Waals surface area contributed by atoms with Crippen LogP contribution in [0.3, 0.4) is 0 Å². The summed E-state index contributed by atoms with van der Waals surface area (Å²) in [5, 5.41) is 7.92. The molecule has 0 saturated heterocycles. The molecule has 0 atom stereocenters. The fourth-order valence-corrected chi connectivity index (χ4v) is 1.80. The van der Waals surface area contributed by atoms with Crippen LogP contribution in [0.2, 0.25) is 0 Å². The highest BCUT2D eigenvalue weighted by molar-refractivity contribution is 5.21. The first kappa shape index (κ1) is 12.8. The second kappa shape index (κ2) is 5.83. The summed E-state index contributed by atoms with van der Waals surface area (Å²) < 4.78 is 1.99. The summed E-state index contributed by atoms with van der Waals surface area (Å²) in [5.41, 5.74) is 3.70. The second-order valence-electron chi connectivity index (χ2n) is 4.97. The van der Waals surface area contributed by atoms with Crippen LogP contribution < -0.4 is 5.32 Å². The molecule has 0 aliphatic carbocycles. The van der Waals surface area contributed by atoms with E-state index in [4.69, 9.17) is 0 Å². The molecule has 3 heteroatoms. The Labute approximate surface area is 109 Å². The minimum atomic E-state index is 0.427. The molecule has 0 amide bonds. The summed E-state index contributed by atoms with van der Waals surface area (Å²) in [6.07, 6.45) is 2.04. The zero-order valence-electron chi connectivity index (χ0n) is 11.4. The van der Waals surface area contributed by atoms with Crippen LogP contribution in [0.4, 0.5) is 0 Å². The van der Waals surface area contributed by atoms with Crippen molar-refractivity contribution in [2.45, 2.75) is 39.9 Å². The first-order valence-electron chi connectivity index (χ1n) is 6.45. The Bertz CT molecular complexity index is 483. The van der Waals surface area contributed by atoms with Crippen LogP contribution in [0.25, 0.3) is 0 Å². The van der Waals surface area contributed by atoms with Gasteiger partial charge in [-0.3, -0.25) is 4.68 Å². The van der Waals surface area contributed by atoms with Gasteiger partial charge in [0, 0.05) is 25.3 Å². The van der Waals surface area contributed by atoms with Crippen molar-refractivity contribution >= 4 is 0 Å². The molecule has 1 N–H and O–H groups in total. The van der Waals surface area contributed by atoms with E-state index in [2.05, 4.69) is 61.5 Å². The molecule has 0 saturated carbocycles. The maximum absolute atomic E-state index is 4.51. The predicted octanol–water partition coefficient (Wildman–Crippen LogP) is 3.06. The summed E-state index contributed by atoms with van der Waals surface area (Å²) in [6, 6.07) is 11.1.